The molecule has 0 unspecified atom stereocenters. The maximum atomic E-state index is 14.0. The standard InChI is InChI=1S/C15H16ClFN4O3S/c16-11-3-1-4-12(17)14(11)15(22)20-5-2-6-21(8-7-20)25(23,24)13-9-18-10-19-13/h1,3-4,9-10H,2,5-8H2,(H,18,19). The summed E-state index contributed by atoms with van der Waals surface area (Å²) in [6, 6.07) is 4.05. The van der Waals surface area contributed by atoms with E-state index >= 15 is 0 Å². The van der Waals surface area contributed by atoms with Crippen LogP contribution in [0.4, 0.5) is 4.39 Å². The molecule has 0 radical (unpaired) electrons. The molecule has 134 valence electrons. The van der Waals surface area contributed by atoms with Crippen molar-refractivity contribution < 1.29 is 17.6 Å². The van der Waals surface area contributed by atoms with E-state index in [0.29, 0.717) is 13.0 Å². The highest BCUT2D eigenvalue weighted by molar-refractivity contribution is 7.89. The van der Waals surface area contributed by atoms with Gasteiger partial charge in [0.1, 0.15) is 5.82 Å². The lowest BCUT2D eigenvalue weighted by atomic mass is 10.1. The average Bonchev–Trinajstić information content (AvgIpc) is 2.99. The minimum absolute atomic E-state index is 0.00410. The molecule has 1 aliphatic heterocycles. The topological polar surface area (TPSA) is 86.4 Å². The molecule has 0 atom stereocenters. The Morgan fingerprint density at radius 1 is 1.24 bits per heavy atom. The zero-order valence-corrected chi connectivity index (χ0v) is 14.7. The van der Waals surface area contributed by atoms with E-state index in [1.165, 1.54) is 39.9 Å². The first-order valence-electron chi connectivity index (χ1n) is 7.63. The predicted octanol–water partition coefficient (Wildman–Crippen LogP) is 1.74. The van der Waals surface area contributed by atoms with Gasteiger partial charge in [-0.05, 0) is 18.6 Å². The number of aromatic amines is 1. The van der Waals surface area contributed by atoms with E-state index in [4.69, 9.17) is 11.6 Å². The minimum Gasteiger partial charge on any atom is -0.337 e. The SMILES string of the molecule is O=C(c1c(F)cccc1Cl)N1CCCN(S(=O)(=O)c2cnc[nH]2)CC1. The molecular formula is C15H16ClFN4O3S. The number of aromatic nitrogens is 2. The number of nitrogens with one attached hydrogen (secondary N) is 1. The summed E-state index contributed by atoms with van der Waals surface area (Å²) in [5.41, 5.74) is -0.186. The molecule has 7 nitrogen and oxygen atoms in total. The van der Waals surface area contributed by atoms with Crippen molar-refractivity contribution in [2.45, 2.75) is 11.4 Å². The summed E-state index contributed by atoms with van der Waals surface area (Å²) in [6.45, 7) is 0.838. The monoisotopic (exact) mass is 386 g/mol. The summed E-state index contributed by atoms with van der Waals surface area (Å²) in [4.78, 5) is 20.3. The Hall–Kier alpha value is -1.97. The second-order valence-corrected chi connectivity index (χ2v) is 7.88. The maximum Gasteiger partial charge on any atom is 0.260 e. The quantitative estimate of drug-likeness (QED) is 0.870. The van der Waals surface area contributed by atoms with Crippen LogP contribution in [0.2, 0.25) is 5.02 Å². The molecule has 1 fully saturated rings. The highest BCUT2D eigenvalue weighted by Gasteiger charge is 2.30. The van der Waals surface area contributed by atoms with Crippen LogP contribution in [0.15, 0.2) is 35.7 Å². The molecule has 1 amide bonds. The summed E-state index contributed by atoms with van der Waals surface area (Å²) in [6.07, 6.45) is 2.97. The average molecular weight is 387 g/mol. The Kier molecular flexibility index (Phi) is 5.07. The van der Waals surface area contributed by atoms with Gasteiger partial charge in [0, 0.05) is 26.2 Å². The second-order valence-electron chi connectivity index (χ2n) is 5.56. The van der Waals surface area contributed by atoms with Gasteiger partial charge in [-0.3, -0.25) is 4.79 Å². The molecule has 1 N–H and O–H groups in total. The molecule has 3 rings (SSSR count). The third-order valence-electron chi connectivity index (χ3n) is 4.01. The fourth-order valence-corrected chi connectivity index (χ4v) is 4.33. The van der Waals surface area contributed by atoms with Crippen LogP contribution in [-0.4, -0.2) is 59.7 Å². The molecule has 1 saturated heterocycles. The molecule has 2 aromatic rings. The lowest BCUT2D eigenvalue weighted by molar-refractivity contribution is 0.0759. The number of rotatable bonds is 3. The number of carbonyl (C=O) groups excluding carboxylic acids is 1. The number of carbonyl (C=O) groups is 1. The molecule has 10 heteroatoms. The third kappa shape index (κ3) is 3.53. The van der Waals surface area contributed by atoms with E-state index in [9.17, 15) is 17.6 Å². The zero-order chi connectivity index (χ0) is 18.0. The van der Waals surface area contributed by atoms with Crippen molar-refractivity contribution in [3.05, 3.63) is 47.1 Å². The number of benzene rings is 1. The van der Waals surface area contributed by atoms with Crippen molar-refractivity contribution in [1.29, 1.82) is 0 Å². The fraction of sp³-hybridized carbons (Fsp3) is 0.333. The van der Waals surface area contributed by atoms with Crippen LogP contribution >= 0.6 is 11.6 Å². The van der Waals surface area contributed by atoms with Crippen molar-refractivity contribution in [2.75, 3.05) is 26.2 Å². The van der Waals surface area contributed by atoms with Crippen LogP contribution in [-0.2, 0) is 10.0 Å². The van der Waals surface area contributed by atoms with Gasteiger partial charge in [0.2, 0.25) is 0 Å². The lowest BCUT2D eigenvalue weighted by Gasteiger charge is -2.22. The molecule has 1 aromatic carbocycles. The van der Waals surface area contributed by atoms with Crippen molar-refractivity contribution in [2.24, 2.45) is 0 Å². The third-order valence-corrected chi connectivity index (χ3v) is 6.15. The molecule has 2 heterocycles. The fourth-order valence-electron chi connectivity index (χ4n) is 2.72. The molecule has 0 aliphatic carbocycles. The molecule has 0 saturated carbocycles. The first kappa shape index (κ1) is 17.8. The Morgan fingerprint density at radius 3 is 2.72 bits per heavy atom. The zero-order valence-electron chi connectivity index (χ0n) is 13.2. The number of amides is 1. The lowest BCUT2D eigenvalue weighted by Crippen LogP contribution is -2.37. The number of sulfonamides is 1. The first-order chi connectivity index (χ1) is 11.9. The summed E-state index contributed by atoms with van der Waals surface area (Å²) in [5.74, 6) is -1.23. The number of halogens is 2. The Bertz CT molecular complexity index is 853. The largest absolute Gasteiger partial charge is 0.337 e. The maximum absolute atomic E-state index is 14.0. The van der Waals surface area contributed by atoms with Gasteiger partial charge in [0.25, 0.3) is 15.9 Å². The molecule has 0 bridgehead atoms. The first-order valence-corrected chi connectivity index (χ1v) is 9.45. The second kappa shape index (κ2) is 7.11. The molecule has 1 aliphatic rings. The van der Waals surface area contributed by atoms with E-state index in [2.05, 4.69) is 9.97 Å². The number of imidazole rings is 1. The minimum atomic E-state index is -3.69. The Morgan fingerprint density at radius 2 is 2.04 bits per heavy atom. The van der Waals surface area contributed by atoms with Gasteiger partial charge in [-0.1, -0.05) is 17.7 Å². The predicted molar refractivity (Wildman–Crippen MR) is 89.3 cm³/mol. The summed E-state index contributed by atoms with van der Waals surface area (Å²) < 4.78 is 40.3. The smallest absolute Gasteiger partial charge is 0.260 e. The van der Waals surface area contributed by atoms with Crippen LogP contribution in [0.3, 0.4) is 0 Å². The van der Waals surface area contributed by atoms with E-state index in [1.807, 2.05) is 0 Å². The van der Waals surface area contributed by atoms with Crippen molar-refractivity contribution in [1.82, 2.24) is 19.2 Å². The van der Waals surface area contributed by atoms with E-state index in [1.54, 1.807) is 0 Å². The van der Waals surface area contributed by atoms with Crippen LogP contribution in [0.5, 0.6) is 0 Å². The van der Waals surface area contributed by atoms with Gasteiger partial charge < -0.3 is 9.88 Å². The van der Waals surface area contributed by atoms with Gasteiger partial charge >= 0.3 is 0 Å². The van der Waals surface area contributed by atoms with Crippen LogP contribution in [0.1, 0.15) is 16.8 Å². The summed E-state index contributed by atoms with van der Waals surface area (Å²) >= 11 is 5.95. The van der Waals surface area contributed by atoms with Crippen LogP contribution in [0, 0.1) is 5.82 Å². The van der Waals surface area contributed by atoms with Crippen molar-refractivity contribution in [3.63, 3.8) is 0 Å². The van der Waals surface area contributed by atoms with Crippen molar-refractivity contribution in [3.8, 4) is 0 Å². The number of hydrogen-bond acceptors (Lipinski definition) is 4. The summed E-state index contributed by atoms with van der Waals surface area (Å²) in [5, 5.41) is 0.0422. The molecule has 0 spiro atoms. The van der Waals surface area contributed by atoms with Gasteiger partial charge in [-0.25, -0.2) is 17.8 Å². The highest BCUT2D eigenvalue weighted by atomic mass is 35.5. The van der Waals surface area contributed by atoms with E-state index in [-0.39, 0.29) is 35.2 Å². The molecule has 1 aromatic heterocycles. The van der Waals surface area contributed by atoms with Crippen molar-refractivity contribution >= 4 is 27.5 Å². The van der Waals surface area contributed by atoms with Gasteiger partial charge in [-0.15, -0.1) is 0 Å². The van der Waals surface area contributed by atoms with E-state index < -0.39 is 21.7 Å². The van der Waals surface area contributed by atoms with Gasteiger partial charge in [0.05, 0.1) is 23.1 Å². The van der Waals surface area contributed by atoms with Crippen LogP contribution in [0.25, 0.3) is 0 Å². The van der Waals surface area contributed by atoms with E-state index in [0.717, 1.165) is 0 Å². The number of H-pyrrole nitrogens is 1. The Balaban J connectivity index is 1.77. The number of hydrogen-bond donors (Lipinski definition) is 1. The van der Waals surface area contributed by atoms with Gasteiger partial charge in [0.15, 0.2) is 5.03 Å². The highest BCUT2D eigenvalue weighted by Crippen LogP contribution is 2.22. The Labute approximate surface area is 149 Å². The number of nitrogens with zero attached hydrogens (tertiary/aromatic N) is 3. The van der Waals surface area contributed by atoms with Crippen LogP contribution < -0.4 is 0 Å². The molecule has 25 heavy (non-hydrogen) atoms. The van der Waals surface area contributed by atoms with Gasteiger partial charge in [-0.2, -0.15) is 4.31 Å². The summed E-state index contributed by atoms with van der Waals surface area (Å²) in [7, 11) is -3.69. The normalized spacial score (nSPS) is 16.6. The molecular weight excluding hydrogens is 371 g/mol.